The fraction of sp³-hybridized carbons (Fsp3) is 0.350. The molecular weight excluding hydrogens is 288 g/mol. The van der Waals surface area contributed by atoms with Gasteiger partial charge in [-0.25, -0.2) is 0 Å². The van der Waals surface area contributed by atoms with Gasteiger partial charge in [-0.3, -0.25) is 4.79 Å². The van der Waals surface area contributed by atoms with Crippen LogP contribution in [0.5, 0.6) is 0 Å². The highest BCUT2D eigenvalue weighted by atomic mass is 16.5. The predicted molar refractivity (Wildman–Crippen MR) is 95.1 cm³/mol. The second kappa shape index (κ2) is 11.4. The smallest absolute Gasteiger partial charge is 0.159 e. The summed E-state index contributed by atoms with van der Waals surface area (Å²) in [5.74, 6) is 0.960. The maximum absolute atomic E-state index is 11.8. The number of carbonyl (C=O) groups excluding carboxylic acids is 1. The molecule has 1 rings (SSSR count). The number of methoxy groups -OCH3 is 2. The minimum Gasteiger partial charge on any atom is -0.499 e. The number of ketones is 1. The van der Waals surface area contributed by atoms with Gasteiger partial charge in [-0.05, 0) is 25.5 Å². The van der Waals surface area contributed by atoms with Gasteiger partial charge in [0.25, 0.3) is 0 Å². The normalized spacial score (nSPS) is 21.1. The lowest BCUT2D eigenvalue weighted by atomic mass is 9.95. The number of allylic oxidation sites excluding steroid dienone is 10. The Morgan fingerprint density at radius 2 is 1.87 bits per heavy atom. The number of rotatable bonds is 8. The summed E-state index contributed by atoms with van der Waals surface area (Å²) in [4.78, 5) is 11.8. The summed E-state index contributed by atoms with van der Waals surface area (Å²) in [6, 6.07) is 0. The first-order chi connectivity index (χ1) is 11.2. The predicted octanol–water partition coefficient (Wildman–Crippen LogP) is 4.46. The molecular formula is C20H26O3. The van der Waals surface area contributed by atoms with Crippen LogP contribution in [0.4, 0.5) is 0 Å². The van der Waals surface area contributed by atoms with Crippen LogP contribution >= 0.6 is 0 Å². The van der Waals surface area contributed by atoms with E-state index in [1.54, 1.807) is 26.4 Å². The summed E-state index contributed by atoms with van der Waals surface area (Å²) in [7, 11) is 3.33. The molecule has 0 amide bonds. The van der Waals surface area contributed by atoms with E-state index in [0.29, 0.717) is 6.42 Å². The summed E-state index contributed by atoms with van der Waals surface area (Å²) < 4.78 is 10.7. The molecule has 0 N–H and O–H groups in total. The van der Waals surface area contributed by atoms with E-state index in [2.05, 4.69) is 0 Å². The van der Waals surface area contributed by atoms with Crippen LogP contribution in [0.15, 0.2) is 72.1 Å². The maximum Gasteiger partial charge on any atom is 0.159 e. The summed E-state index contributed by atoms with van der Waals surface area (Å²) in [6.45, 7) is 1.97. The lowest BCUT2D eigenvalue weighted by Crippen LogP contribution is -2.19. The molecule has 23 heavy (non-hydrogen) atoms. The van der Waals surface area contributed by atoms with Crippen molar-refractivity contribution in [3.8, 4) is 0 Å². The lowest BCUT2D eigenvalue weighted by Gasteiger charge is -2.23. The minimum absolute atomic E-state index is 0.0439. The van der Waals surface area contributed by atoms with Gasteiger partial charge in [-0.2, -0.15) is 0 Å². The van der Waals surface area contributed by atoms with E-state index in [9.17, 15) is 4.79 Å². The topological polar surface area (TPSA) is 35.5 Å². The molecule has 1 unspecified atom stereocenters. The second-order valence-corrected chi connectivity index (χ2v) is 5.13. The maximum atomic E-state index is 11.8. The molecule has 1 atom stereocenters. The summed E-state index contributed by atoms with van der Waals surface area (Å²) in [6.07, 6.45) is 20.9. The molecule has 0 aromatic heterocycles. The van der Waals surface area contributed by atoms with Crippen molar-refractivity contribution in [1.29, 1.82) is 0 Å². The fourth-order valence-corrected chi connectivity index (χ4v) is 2.21. The van der Waals surface area contributed by atoms with E-state index in [0.717, 1.165) is 18.6 Å². The van der Waals surface area contributed by atoms with E-state index < -0.39 is 0 Å². The van der Waals surface area contributed by atoms with Gasteiger partial charge in [-0.15, -0.1) is 0 Å². The molecule has 0 fully saturated rings. The Morgan fingerprint density at radius 1 is 1.17 bits per heavy atom. The van der Waals surface area contributed by atoms with Crippen LogP contribution in [0.1, 0.15) is 26.2 Å². The molecule has 124 valence electrons. The number of hydrogen-bond acceptors (Lipinski definition) is 3. The van der Waals surface area contributed by atoms with Crippen molar-refractivity contribution in [3.63, 3.8) is 0 Å². The Labute approximate surface area is 139 Å². The molecule has 0 aromatic rings. The molecule has 0 bridgehead atoms. The fourth-order valence-electron chi connectivity index (χ4n) is 2.21. The highest BCUT2D eigenvalue weighted by Crippen LogP contribution is 2.26. The molecule has 0 saturated carbocycles. The summed E-state index contributed by atoms with van der Waals surface area (Å²) in [5, 5.41) is 0. The van der Waals surface area contributed by atoms with E-state index in [1.807, 2.05) is 55.5 Å². The van der Waals surface area contributed by atoms with Crippen molar-refractivity contribution in [2.45, 2.75) is 32.3 Å². The van der Waals surface area contributed by atoms with Crippen molar-refractivity contribution in [3.05, 3.63) is 72.1 Å². The van der Waals surface area contributed by atoms with Gasteiger partial charge in [0, 0.05) is 20.0 Å². The molecule has 0 aromatic carbocycles. The Morgan fingerprint density at radius 3 is 2.52 bits per heavy atom. The van der Waals surface area contributed by atoms with Gasteiger partial charge in [-0.1, -0.05) is 54.2 Å². The highest BCUT2D eigenvalue weighted by Gasteiger charge is 2.20. The summed E-state index contributed by atoms with van der Waals surface area (Å²) >= 11 is 0. The van der Waals surface area contributed by atoms with Crippen molar-refractivity contribution in [2.24, 2.45) is 0 Å². The molecule has 0 aliphatic heterocycles. The van der Waals surface area contributed by atoms with Crippen LogP contribution in [0.2, 0.25) is 0 Å². The van der Waals surface area contributed by atoms with Gasteiger partial charge in [0.05, 0.1) is 7.11 Å². The standard InChI is InChI=1S/C20H26O3/c1-4-5-6-7-8-9-10-11-18(21)14-12-17-13-15-19(22-2)20(16-17)23-3/h4-12,15,20H,13-14,16H2,1-3H3. The molecule has 1 aliphatic carbocycles. The Bertz CT molecular complexity index is 545. The quantitative estimate of drug-likeness (QED) is 0.377. The van der Waals surface area contributed by atoms with Gasteiger partial charge < -0.3 is 9.47 Å². The molecule has 0 saturated heterocycles. The van der Waals surface area contributed by atoms with Crippen molar-refractivity contribution < 1.29 is 14.3 Å². The highest BCUT2D eigenvalue weighted by molar-refractivity contribution is 5.91. The van der Waals surface area contributed by atoms with Gasteiger partial charge in [0.1, 0.15) is 11.9 Å². The monoisotopic (exact) mass is 314 g/mol. The van der Waals surface area contributed by atoms with Crippen molar-refractivity contribution in [1.82, 2.24) is 0 Å². The van der Waals surface area contributed by atoms with Gasteiger partial charge in [0.15, 0.2) is 5.78 Å². The average molecular weight is 314 g/mol. The van der Waals surface area contributed by atoms with E-state index in [4.69, 9.17) is 9.47 Å². The van der Waals surface area contributed by atoms with E-state index >= 15 is 0 Å². The first-order valence-corrected chi connectivity index (χ1v) is 7.81. The Hall–Kier alpha value is -2.13. The molecule has 0 spiro atoms. The molecule has 0 heterocycles. The largest absolute Gasteiger partial charge is 0.499 e. The van der Waals surface area contributed by atoms with Crippen LogP contribution in [0.25, 0.3) is 0 Å². The second-order valence-electron chi connectivity index (χ2n) is 5.13. The molecule has 3 heteroatoms. The zero-order chi connectivity index (χ0) is 16.9. The third kappa shape index (κ3) is 7.61. The average Bonchev–Trinajstić information content (AvgIpc) is 2.58. The van der Waals surface area contributed by atoms with E-state index in [1.165, 1.54) is 5.57 Å². The molecule has 3 nitrogen and oxygen atoms in total. The first-order valence-electron chi connectivity index (χ1n) is 7.81. The zero-order valence-electron chi connectivity index (χ0n) is 14.2. The lowest BCUT2D eigenvalue weighted by molar-refractivity contribution is -0.113. The van der Waals surface area contributed by atoms with E-state index in [-0.39, 0.29) is 11.9 Å². The SMILES string of the molecule is CC=CC=CC=CC=CC(=O)CC=C1CC=C(OC)C(OC)C1. The third-order valence-electron chi connectivity index (χ3n) is 3.47. The third-order valence-corrected chi connectivity index (χ3v) is 3.47. The Kier molecular flexibility index (Phi) is 9.41. The van der Waals surface area contributed by atoms with Crippen LogP contribution in [-0.4, -0.2) is 26.1 Å². The van der Waals surface area contributed by atoms with Crippen LogP contribution in [0, 0.1) is 0 Å². The number of hydrogen-bond donors (Lipinski definition) is 0. The van der Waals surface area contributed by atoms with Crippen molar-refractivity contribution in [2.75, 3.05) is 14.2 Å². The summed E-state index contributed by atoms with van der Waals surface area (Å²) in [5.41, 5.74) is 1.21. The van der Waals surface area contributed by atoms with Crippen LogP contribution < -0.4 is 0 Å². The zero-order valence-corrected chi connectivity index (χ0v) is 14.2. The van der Waals surface area contributed by atoms with Gasteiger partial charge in [0.2, 0.25) is 0 Å². The first kappa shape index (κ1) is 18.9. The van der Waals surface area contributed by atoms with Crippen LogP contribution in [-0.2, 0) is 14.3 Å². The molecule has 0 radical (unpaired) electrons. The number of ether oxygens (including phenoxy) is 2. The number of carbonyl (C=O) groups is 1. The molecule has 1 aliphatic rings. The minimum atomic E-state index is -0.0439. The Balaban J connectivity index is 2.45. The van der Waals surface area contributed by atoms with Crippen LogP contribution in [0.3, 0.4) is 0 Å². The van der Waals surface area contributed by atoms with Crippen molar-refractivity contribution >= 4 is 5.78 Å². The van der Waals surface area contributed by atoms with Gasteiger partial charge >= 0.3 is 0 Å².